The van der Waals surface area contributed by atoms with Gasteiger partial charge in [-0.05, 0) is 44.0 Å². The van der Waals surface area contributed by atoms with Gasteiger partial charge in [0.2, 0.25) is 0 Å². The molecule has 1 aromatic carbocycles. The van der Waals surface area contributed by atoms with Crippen molar-refractivity contribution in [3.8, 4) is 5.75 Å². The number of rotatable bonds is 6. The van der Waals surface area contributed by atoms with Crippen molar-refractivity contribution >= 4 is 0 Å². The van der Waals surface area contributed by atoms with Crippen LogP contribution in [0.1, 0.15) is 30.4 Å². The Morgan fingerprint density at radius 3 is 2.90 bits per heavy atom. The lowest BCUT2D eigenvalue weighted by atomic mass is 10.1. The molecule has 1 aliphatic heterocycles. The van der Waals surface area contributed by atoms with E-state index in [4.69, 9.17) is 15.2 Å². The molecular weight excluding hydrogens is 252 g/mol. The van der Waals surface area contributed by atoms with E-state index in [1.54, 1.807) is 7.11 Å². The number of benzene rings is 1. The van der Waals surface area contributed by atoms with Crippen LogP contribution >= 0.6 is 0 Å². The molecule has 112 valence electrons. The summed E-state index contributed by atoms with van der Waals surface area (Å²) in [6.07, 6.45) is 4.03. The summed E-state index contributed by atoms with van der Waals surface area (Å²) >= 11 is 0. The number of nitrogens with zero attached hydrogens (tertiary/aromatic N) is 1. The van der Waals surface area contributed by atoms with Gasteiger partial charge in [-0.2, -0.15) is 0 Å². The Labute approximate surface area is 121 Å². The first kappa shape index (κ1) is 15.3. The fourth-order valence-electron chi connectivity index (χ4n) is 2.74. The standard InChI is InChI=1S/C16H26N2O2/c1-18(12-15-5-3-4-8-20-15)11-14-9-13(10-17)6-7-16(14)19-2/h6-7,9,15H,3-5,8,10-12,17H2,1-2H3. The van der Waals surface area contributed by atoms with Crippen molar-refractivity contribution in [2.75, 3.05) is 27.3 Å². The molecule has 4 nitrogen and oxygen atoms in total. The molecule has 0 aliphatic carbocycles. The molecule has 0 aromatic heterocycles. The van der Waals surface area contributed by atoms with Crippen LogP contribution in [0.3, 0.4) is 0 Å². The Morgan fingerprint density at radius 2 is 2.25 bits per heavy atom. The van der Waals surface area contributed by atoms with Crippen LogP contribution in [0.5, 0.6) is 5.75 Å². The number of hydrogen-bond acceptors (Lipinski definition) is 4. The van der Waals surface area contributed by atoms with E-state index in [-0.39, 0.29) is 0 Å². The smallest absolute Gasteiger partial charge is 0.123 e. The maximum Gasteiger partial charge on any atom is 0.123 e. The number of nitrogens with two attached hydrogens (primary N) is 1. The Bertz CT molecular complexity index is 417. The van der Waals surface area contributed by atoms with Gasteiger partial charge in [0.05, 0.1) is 13.2 Å². The number of hydrogen-bond donors (Lipinski definition) is 1. The van der Waals surface area contributed by atoms with E-state index >= 15 is 0 Å². The van der Waals surface area contributed by atoms with Gasteiger partial charge in [-0.1, -0.05) is 6.07 Å². The molecule has 1 aromatic rings. The molecule has 4 heteroatoms. The average Bonchev–Trinajstić information content (AvgIpc) is 2.48. The molecule has 0 bridgehead atoms. The fourth-order valence-corrected chi connectivity index (χ4v) is 2.74. The molecule has 0 radical (unpaired) electrons. The lowest BCUT2D eigenvalue weighted by Crippen LogP contribution is -2.33. The van der Waals surface area contributed by atoms with Gasteiger partial charge in [0, 0.05) is 31.8 Å². The SMILES string of the molecule is COc1ccc(CN)cc1CN(C)CC1CCCCO1. The molecule has 1 heterocycles. The predicted molar refractivity (Wildman–Crippen MR) is 80.8 cm³/mol. The highest BCUT2D eigenvalue weighted by atomic mass is 16.5. The Morgan fingerprint density at radius 1 is 1.40 bits per heavy atom. The van der Waals surface area contributed by atoms with Crippen molar-refractivity contribution < 1.29 is 9.47 Å². The third-order valence-electron chi connectivity index (χ3n) is 3.81. The molecule has 2 rings (SSSR count). The van der Waals surface area contributed by atoms with E-state index in [1.807, 2.05) is 12.1 Å². The highest BCUT2D eigenvalue weighted by molar-refractivity contribution is 5.37. The quantitative estimate of drug-likeness (QED) is 0.866. The summed E-state index contributed by atoms with van der Waals surface area (Å²) in [4.78, 5) is 2.30. The van der Waals surface area contributed by atoms with Gasteiger partial charge < -0.3 is 15.2 Å². The number of methoxy groups -OCH3 is 1. The summed E-state index contributed by atoms with van der Waals surface area (Å²) in [5.74, 6) is 0.929. The molecule has 1 saturated heterocycles. The molecule has 1 atom stereocenters. The summed E-state index contributed by atoms with van der Waals surface area (Å²) in [7, 11) is 3.84. The molecule has 0 saturated carbocycles. The van der Waals surface area contributed by atoms with Crippen LogP contribution in [0, 0.1) is 0 Å². The van der Waals surface area contributed by atoms with Crippen molar-refractivity contribution in [2.45, 2.75) is 38.5 Å². The van der Waals surface area contributed by atoms with E-state index in [0.29, 0.717) is 12.6 Å². The van der Waals surface area contributed by atoms with Crippen molar-refractivity contribution in [3.05, 3.63) is 29.3 Å². The van der Waals surface area contributed by atoms with E-state index < -0.39 is 0 Å². The first-order chi connectivity index (χ1) is 9.72. The van der Waals surface area contributed by atoms with Crippen molar-refractivity contribution in [3.63, 3.8) is 0 Å². The average molecular weight is 278 g/mol. The highest BCUT2D eigenvalue weighted by Crippen LogP contribution is 2.22. The van der Waals surface area contributed by atoms with Crippen molar-refractivity contribution in [1.82, 2.24) is 4.90 Å². The Kier molecular flexibility index (Phi) is 5.83. The topological polar surface area (TPSA) is 47.7 Å². The minimum atomic E-state index is 0.373. The van der Waals surface area contributed by atoms with Gasteiger partial charge in [0.1, 0.15) is 5.75 Å². The van der Waals surface area contributed by atoms with E-state index in [2.05, 4.69) is 18.0 Å². The van der Waals surface area contributed by atoms with Gasteiger partial charge in [0.15, 0.2) is 0 Å². The van der Waals surface area contributed by atoms with Crippen LogP contribution in [0.4, 0.5) is 0 Å². The lowest BCUT2D eigenvalue weighted by molar-refractivity contribution is -0.00267. The second-order valence-electron chi connectivity index (χ2n) is 5.54. The second-order valence-corrected chi connectivity index (χ2v) is 5.54. The second kappa shape index (κ2) is 7.62. The van der Waals surface area contributed by atoms with Crippen molar-refractivity contribution in [1.29, 1.82) is 0 Å². The normalized spacial score (nSPS) is 19.3. The minimum Gasteiger partial charge on any atom is -0.496 e. The van der Waals surface area contributed by atoms with Gasteiger partial charge in [-0.3, -0.25) is 4.90 Å². The largest absolute Gasteiger partial charge is 0.496 e. The Balaban J connectivity index is 1.96. The fraction of sp³-hybridized carbons (Fsp3) is 0.625. The van der Waals surface area contributed by atoms with Crippen LogP contribution in [-0.2, 0) is 17.8 Å². The van der Waals surface area contributed by atoms with Crippen LogP contribution in [0.15, 0.2) is 18.2 Å². The van der Waals surface area contributed by atoms with E-state index in [1.165, 1.54) is 24.8 Å². The third kappa shape index (κ3) is 4.20. The molecule has 20 heavy (non-hydrogen) atoms. The molecular formula is C16H26N2O2. The van der Waals surface area contributed by atoms with Crippen LogP contribution in [0.25, 0.3) is 0 Å². The minimum absolute atomic E-state index is 0.373. The molecule has 1 fully saturated rings. The summed E-state index contributed by atoms with van der Waals surface area (Å²) in [6, 6.07) is 6.16. The molecule has 2 N–H and O–H groups in total. The predicted octanol–water partition coefficient (Wildman–Crippen LogP) is 2.15. The number of ether oxygens (including phenoxy) is 2. The summed E-state index contributed by atoms with van der Waals surface area (Å²) in [5.41, 5.74) is 8.05. The third-order valence-corrected chi connectivity index (χ3v) is 3.81. The monoisotopic (exact) mass is 278 g/mol. The highest BCUT2D eigenvalue weighted by Gasteiger charge is 2.16. The molecule has 0 amide bonds. The maximum absolute atomic E-state index is 5.79. The van der Waals surface area contributed by atoms with Crippen LogP contribution < -0.4 is 10.5 Å². The first-order valence-corrected chi connectivity index (χ1v) is 7.39. The van der Waals surface area contributed by atoms with Gasteiger partial charge in [0.25, 0.3) is 0 Å². The number of likely N-dealkylation sites (N-methyl/N-ethyl adjacent to an activating group) is 1. The molecule has 1 unspecified atom stereocenters. The molecule has 0 spiro atoms. The van der Waals surface area contributed by atoms with E-state index in [9.17, 15) is 0 Å². The zero-order valence-corrected chi connectivity index (χ0v) is 12.6. The zero-order valence-electron chi connectivity index (χ0n) is 12.6. The summed E-state index contributed by atoms with van der Waals surface area (Å²) in [6.45, 7) is 3.30. The maximum atomic E-state index is 5.79. The zero-order chi connectivity index (χ0) is 14.4. The van der Waals surface area contributed by atoms with Gasteiger partial charge in [-0.25, -0.2) is 0 Å². The first-order valence-electron chi connectivity index (χ1n) is 7.39. The van der Waals surface area contributed by atoms with Crippen molar-refractivity contribution in [2.24, 2.45) is 5.73 Å². The molecule has 1 aliphatic rings. The van der Waals surface area contributed by atoms with Gasteiger partial charge in [-0.15, -0.1) is 0 Å². The van der Waals surface area contributed by atoms with Crippen LogP contribution in [-0.4, -0.2) is 38.3 Å². The van der Waals surface area contributed by atoms with Gasteiger partial charge >= 0.3 is 0 Å². The van der Waals surface area contributed by atoms with Crippen LogP contribution in [0.2, 0.25) is 0 Å². The summed E-state index contributed by atoms with van der Waals surface area (Å²) < 4.78 is 11.2. The summed E-state index contributed by atoms with van der Waals surface area (Å²) in [5, 5.41) is 0. The van der Waals surface area contributed by atoms with E-state index in [0.717, 1.165) is 31.0 Å². The Hall–Kier alpha value is -1.10. The lowest BCUT2D eigenvalue weighted by Gasteiger charge is -2.27.